The highest BCUT2D eigenvalue weighted by Crippen LogP contribution is 2.35. The van der Waals surface area contributed by atoms with Gasteiger partial charge in [0.05, 0.1) is 13.0 Å². The van der Waals surface area contributed by atoms with E-state index in [1.807, 2.05) is 6.07 Å². The predicted molar refractivity (Wildman–Crippen MR) is 105 cm³/mol. The van der Waals surface area contributed by atoms with Gasteiger partial charge in [-0.05, 0) is 30.9 Å². The van der Waals surface area contributed by atoms with Crippen LogP contribution in [0.15, 0.2) is 60.7 Å². The molecule has 0 spiro atoms. The van der Waals surface area contributed by atoms with Gasteiger partial charge in [0, 0.05) is 18.6 Å². The quantitative estimate of drug-likeness (QED) is 0.687. The van der Waals surface area contributed by atoms with Crippen molar-refractivity contribution in [3.8, 4) is 0 Å². The Labute approximate surface area is 157 Å². The highest BCUT2D eigenvalue weighted by atomic mass is 16.5. The largest absolute Gasteiger partial charge is 0.469 e. The van der Waals surface area contributed by atoms with E-state index in [9.17, 15) is 4.79 Å². The number of hydrogen-bond donors (Lipinski definition) is 0. The standard InChI is InChI=1S/C23H29NO2/c1-18(20-13-7-4-8-14-20)24(17-19-11-5-3-6-12-19)22-16-10-9-15-21(22)23(25)26-2/h3-8,11-14,18,21-22H,9-10,15-17H2,1-2H3/t18?,21-,22+/m0/s1. The molecule has 0 saturated heterocycles. The van der Waals surface area contributed by atoms with Crippen LogP contribution in [0.5, 0.6) is 0 Å². The predicted octanol–water partition coefficient (Wildman–Crippen LogP) is 4.98. The molecule has 0 aromatic heterocycles. The van der Waals surface area contributed by atoms with Gasteiger partial charge in [0.25, 0.3) is 0 Å². The Kier molecular flexibility index (Phi) is 6.45. The van der Waals surface area contributed by atoms with E-state index < -0.39 is 0 Å². The maximum atomic E-state index is 12.4. The number of esters is 1. The van der Waals surface area contributed by atoms with E-state index in [0.29, 0.717) is 0 Å². The highest BCUT2D eigenvalue weighted by molar-refractivity contribution is 5.73. The van der Waals surface area contributed by atoms with Gasteiger partial charge in [-0.2, -0.15) is 0 Å². The van der Waals surface area contributed by atoms with Gasteiger partial charge in [0.2, 0.25) is 0 Å². The normalized spacial score (nSPS) is 21.3. The van der Waals surface area contributed by atoms with Crippen molar-refractivity contribution >= 4 is 5.97 Å². The molecule has 138 valence electrons. The van der Waals surface area contributed by atoms with Gasteiger partial charge in [-0.1, -0.05) is 73.5 Å². The smallest absolute Gasteiger partial charge is 0.310 e. The summed E-state index contributed by atoms with van der Waals surface area (Å²) in [6.07, 6.45) is 4.24. The van der Waals surface area contributed by atoms with Gasteiger partial charge in [0.15, 0.2) is 0 Å². The molecule has 0 bridgehead atoms. The van der Waals surface area contributed by atoms with Crippen molar-refractivity contribution in [1.82, 2.24) is 4.90 Å². The van der Waals surface area contributed by atoms with Crippen LogP contribution < -0.4 is 0 Å². The Hall–Kier alpha value is -2.13. The van der Waals surface area contributed by atoms with Crippen molar-refractivity contribution in [2.45, 2.75) is 51.2 Å². The molecule has 2 aromatic carbocycles. The highest BCUT2D eigenvalue weighted by Gasteiger charge is 2.37. The van der Waals surface area contributed by atoms with Crippen LogP contribution in [0, 0.1) is 5.92 Å². The molecule has 3 rings (SSSR count). The van der Waals surface area contributed by atoms with Gasteiger partial charge in [-0.3, -0.25) is 9.69 Å². The monoisotopic (exact) mass is 351 g/mol. The first-order valence-electron chi connectivity index (χ1n) is 9.63. The van der Waals surface area contributed by atoms with Crippen LogP contribution in [0.3, 0.4) is 0 Å². The van der Waals surface area contributed by atoms with Gasteiger partial charge < -0.3 is 4.74 Å². The van der Waals surface area contributed by atoms with E-state index in [1.54, 1.807) is 0 Å². The first-order chi connectivity index (χ1) is 12.7. The summed E-state index contributed by atoms with van der Waals surface area (Å²) in [6, 6.07) is 21.6. The van der Waals surface area contributed by atoms with E-state index in [2.05, 4.69) is 66.4 Å². The number of hydrogen-bond acceptors (Lipinski definition) is 3. The summed E-state index contributed by atoms with van der Waals surface area (Å²) in [5.74, 6) is -0.100. The molecule has 0 heterocycles. The van der Waals surface area contributed by atoms with Gasteiger partial charge in [-0.15, -0.1) is 0 Å². The summed E-state index contributed by atoms with van der Waals surface area (Å²) < 4.78 is 5.14. The SMILES string of the molecule is COC(=O)[C@H]1CCCC[C@H]1N(Cc1ccccc1)C(C)c1ccccc1. The molecule has 3 heteroatoms. The minimum atomic E-state index is -0.0620. The lowest BCUT2D eigenvalue weighted by Crippen LogP contribution is -2.46. The Bertz CT molecular complexity index is 686. The second-order valence-electron chi connectivity index (χ2n) is 7.23. The molecule has 0 radical (unpaired) electrons. The third-order valence-electron chi connectivity index (χ3n) is 5.65. The average Bonchev–Trinajstić information content (AvgIpc) is 2.72. The third-order valence-corrected chi connectivity index (χ3v) is 5.65. The lowest BCUT2D eigenvalue weighted by molar-refractivity contribution is -0.150. The first kappa shape index (κ1) is 18.7. The fourth-order valence-electron chi connectivity index (χ4n) is 4.19. The van der Waals surface area contributed by atoms with Gasteiger partial charge >= 0.3 is 5.97 Å². The van der Waals surface area contributed by atoms with E-state index in [4.69, 9.17) is 4.74 Å². The molecular formula is C23H29NO2. The topological polar surface area (TPSA) is 29.5 Å². The maximum absolute atomic E-state index is 12.4. The van der Waals surface area contributed by atoms with Gasteiger partial charge in [-0.25, -0.2) is 0 Å². The number of carbonyl (C=O) groups is 1. The summed E-state index contributed by atoms with van der Waals surface area (Å²) in [4.78, 5) is 14.9. The molecule has 3 atom stereocenters. The average molecular weight is 351 g/mol. The van der Waals surface area contributed by atoms with E-state index >= 15 is 0 Å². The van der Waals surface area contributed by atoms with Gasteiger partial charge in [0.1, 0.15) is 0 Å². The fraction of sp³-hybridized carbons (Fsp3) is 0.435. The number of benzene rings is 2. The zero-order chi connectivity index (χ0) is 18.4. The van der Waals surface area contributed by atoms with Crippen LogP contribution in [-0.2, 0) is 16.1 Å². The van der Waals surface area contributed by atoms with Crippen molar-refractivity contribution in [1.29, 1.82) is 0 Å². The van der Waals surface area contributed by atoms with Crippen molar-refractivity contribution in [3.05, 3.63) is 71.8 Å². The molecule has 2 aromatic rings. The lowest BCUT2D eigenvalue weighted by Gasteiger charge is -2.42. The molecule has 3 nitrogen and oxygen atoms in total. The van der Waals surface area contributed by atoms with Crippen LogP contribution in [0.1, 0.15) is 49.8 Å². The van der Waals surface area contributed by atoms with Crippen molar-refractivity contribution in [3.63, 3.8) is 0 Å². The van der Waals surface area contributed by atoms with Crippen LogP contribution in [0.2, 0.25) is 0 Å². The summed E-state index contributed by atoms with van der Waals surface area (Å²) in [6.45, 7) is 3.09. The Morgan fingerprint density at radius 3 is 2.31 bits per heavy atom. The van der Waals surface area contributed by atoms with Crippen LogP contribution >= 0.6 is 0 Å². The van der Waals surface area contributed by atoms with Crippen molar-refractivity contribution in [2.24, 2.45) is 5.92 Å². The number of rotatable bonds is 6. The molecular weight excluding hydrogens is 322 g/mol. The van der Waals surface area contributed by atoms with E-state index in [-0.39, 0.29) is 24.0 Å². The minimum absolute atomic E-state index is 0.0383. The Morgan fingerprint density at radius 2 is 1.65 bits per heavy atom. The summed E-state index contributed by atoms with van der Waals surface area (Å²) in [5, 5.41) is 0. The zero-order valence-corrected chi connectivity index (χ0v) is 15.8. The third kappa shape index (κ3) is 4.34. The number of ether oxygens (including phenoxy) is 1. The molecule has 1 saturated carbocycles. The summed E-state index contributed by atoms with van der Waals surface area (Å²) >= 11 is 0. The Morgan fingerprint density at radius 1 is 1.04 bits per heavy atom. The molecule has 1 aliphatic carbocycles. The fourth-order valence-corrected chi connectivity index (χ4v) is 4.19. The Balaban J connectivity index is 1.91. The molecule has 0 N–H and O–H groups in total. The molecule has 1 aliphatic rings. The molecule has 26 heavy (non-hydrogen) atoms. The van der Waals surface area contributed by atoms with E-state index in [0.717, 1.165) is 25.8 Å². The summed E-state index contributed by atoms with van der Waals surface area (Å²) in [5.41, 5.74) is 2.57. The maximum Gasteiger partial charge on any atom is 0.310 e. The second kappa shape index (κ2) is 9.00. The summed E-state index contributed by atoms with van der Waals surface area (Å²) in [7, 11) is 1.51. The molecule has 0 aliphatic heterocycles. The molecule has 1 fully saturated rings. The van der Waals surface area contributed by atoms with Crippen molar-refractivity contribution < 1.29 is 9.53 Å². The number of carbonyl (C=O) groups excluding carboxylic acids is 1. The van der Waals surface area contributed by atoms with Crippen LogP contribution in [0.25, 0.3) is 0 Å². The number of methoxy groups -OCH3 is 1. The van der Waals surface area contributed by atoms with Crippen molar-refractivity contribution in [2.75, 3.05) is 7.11 Å². The first-order valence-corrected chi connectivity index (χ1v) is 9.63. The molecule has 1 unspecified atom stereocenters. The second-order valence-corrected chi connectivity index (χ2v) is 7.23. The van der Waals surface area contributed by atoms with E-state index in [1.165, 1.54) is 24.7 Å². The molecule has 0 amide bonds. The van der Waals surface area contributed by atoms with Crippen LogP contribution in [-0.4, -0.2) is 24.0 Å². The lowest BCUT2D eigenvalue weighted by atomic mass is 9.82. The zero-order valence-electron chi connectivity index (χ0n) is 15.8. The van der Waals surface area contributed by atoms with Crippen LogP contribution in [0.4, 0.5) is 0 Å². The minimum Gasteiger partial charge on any atom is -0.469 e. The number of nitrogens with zero attached hydrogens (tertiary/aromatic N) is 1.